The average molecular weight is 232 g/mol. The Labute approximate surface area is 102 Å². The number of fused-ring (bicyclic) bond motifs is 3. The van der Waals surface area contributed by atoms with Gasteiger partial charge >= 0.3 is 0 Å². The van der Waals surface area contributed by atoms with Crippen LogP contribution in [0.2, 0.25) is 0 Å². The van der Waals surface area contributed by atoms with Crippen molar-refractivity contribution in [1.82, 2.24) is 4.90 Å². The van der Waals surface area contributed by atoms with Crippen LogP contribution in [0.4, 0.5) is 0 Å². The van der Waals surface area contributed by atoms with Gasteiger partial charge in [-0.15, -0.1) is 0 Å². The van der Waals surface area contributed by atoms with Gasteiger partial charge in [0.05, 0.1) is 13.7 Å². The van der Waals surface area contributed by atoms with E-state index in [0.717, 1.165) is 37.7 Å². The molecule has 3 heteroatoms. The molecule has 0 aromatic heterocycles. The molecular formula is C14H18NO2. The molecule has 0 unspecified atom stereocenters. The Morgan fingerprint density at radius 3 is 3.12 bits per heavy atom. The second-order valence-corrected chi connectivity index (χ2v) is 4.84. The lowest BCUT2D eigenvalue weighted by Crippen LogP contribution is -2.25. The minimum Gasteiger partial charge on any atom is -0.497 e. The number of methoxy groups -OCH3 is 1. The first kappa shape index (κ1) is 10.9. The van der Waals surface area contributed by atoms with Crippen LogP contribution in [0.3, 0.4) is 0 Å². The predicted octanol–water partition coefficient (Wildman–Crippen LogP) is 1.94. The zero-order valence-corrected chi connectivity index (χ0v) is 10.2. The Hall–Kier alpha value is -1.22. The monoisotopic (exact) mass is 232 g/mol. The molecule has 0 bridgehead atoms. The first-order valence-electron chi connectivity index (χ1n) is 6.14. The van der Waals surface area contributed by atoms with Crippen molar-refractivity contribution >= 4 is 0 Å². The van der Waals surface area contributed by atoms with Crippen LogP contribution in [0, 0.1) is 12.8 Å². The summed E-state index contributed by atoms with van der Waals surface area (Å²) in [4.78, 5) is 2.40. The molecular weight excluding hydrogens is 214 g/mol. The van der Waals surface area contributed by atoms with Crippen molar-refractivity contribution in [1.29, 1.82) is 0 Å². The average Bonchev–Trinajstić information content (AvgIpc) is 2.81. The van der Waals surface area contributed by atoms with Crippen molar-refractivity contribution in [3.63, 3.8) is 0 Å². The van der Waals surface area contributed by atoms with Crippen LogP contribution in [-0.4, -0.2) is 38.3 Å². The van der Waals surface area contributed by atoms with E-state index >= 15 is 0 Å². The predicted molar refractivity (Wildman–Crippen MR) is 66.5 cm³/mol. The lowest BCUT2D eigenvalue weighted by Gasteiger charge is -2.28. The Balaban J connectivity index is 1.91. The van der Waals surface area contributed by atoms with Gasteiger partial charge in [0.2, 0.25) is 0 Å². The molecule has 1 aromatic carbocycles. The molecule has 0 saturated carbocycles. The molecule has 2 atom stereocenters. The van der Waals surface area contributed by atoms with Crippen LogP contribution < -0.4 is 9.47 Å². The zero-order valence-electron chi connectivity index (χ0n) is 10.2. The molecule has 17 heavy (non-hydrogen) atoms. The SMILES string of the molecule is [CH2]CN1C[C@@H]2COc3cc(OC)ccc3[C@@H]2C1. The summed E-state index contributed by atoms with van der Waals surface area (Å²) in [6.45, 7) is 7.90. The van der Waals surface area contributed by atoms with E-state index in [1.54, 1.807) is 7.11 Å². The number of likely N-dealkylation sites (tertiary alicyclic amines) is 1. The van der Waals surface area contributed by atoms with Gasteiger partial charge in [0.1, 0.15) is 11.5 Å². The topological polar surface area (TPSA) is 21.7 Å². The summed E-state index contributed by atoms with van der Waals surface area (Å²) >= 11 is 0. The molecule has 1 fully saturated rings. The van der Waals surface area contributed by atoms with E-state index in [9.17, 15) is 0 Å². The minimum atomic E-state index is 0.603. The number of benzene rings is 1. The van der Waals surface area contributed by atoms with E-state index in [1.165, 1.54) is 5.56 Å². The third kappa shape index (κ3) is 1.78. The van der Waals surface area contributed by atoms with Crippen molar-refractivity contribution in [2.45, 2.75) is 5.92 Å². The van der Waals surface area contributed by atoms with Crippen LogP contribution in [-0.2, 0) is 0 Å². The highest BCUT2D eigenvalue weighted by Crippen LogP contribution is 2.42. The highest BCUT2D eigenvalue weighted by atomic mass is 16.5. The summed E-state index contributed by atoms with van der Waals surface area (Å²) < 4.78 is 11.1. The Morgan fingerprint density at radius 2 is 2.35 bits per heavy atom. The molecule has 0 aliphatic carbocycles. The summed E-state index contributed by atoms with van der Waals surface area (Å²) in [7, 11) is 1.69. The van der Waals surface area contributed by atoms with Gasteiger partial charge in [-0.25, -0.2) is 0 Å². The normalized spacial score (nSPS) is 27.2. The first-order chi connectivity index (χ1) is 8.31. The number of nitrogens with zero attached hydrogens (tertiary/aromatic N) is 1. The fourth-order valence-corrected chi connectivity index (χ4v) is 2.93. The molecule has 2 heterocycles. The van der Waals surface area contributed by atoms with Crippen LogP contribution >= 0.6 is 0 Å². The van der Waals surface area contributed by atoms with Gasteiger partial charge in [-0.05, 0) is 25.1 Å². The third-order valence-electron chi connectivity index (χ3n) is 3.91. The number of ether oxygens (including phenoxy) is 2. The van der Waals surface area contributed by atoms with Crippen molar-refractivity contribution in [3.05, 3.63) is 30.7 Å². The van der Waals surface area contributed by atoms with Gasteiger partial charge in [-0.2, -0.15) is 0 Å². The van der Waals surface area contributed by atoms with Gasteiger partial charge in [-0.3, -0.25) is 0 Å². The summed E-state index contributed by atoms with van der Waals surface area (Å²) in [5, 5.41) is 0. The standard InChI is InChI=1S/C14H18NO2/c1-3-15-7-10-9-17-14-6-11(16-2)4-5-12(14)13(10)8-15/h4-6,10,13H,1,3,7-9H2,2H3/t10-,13-/m1/s1. The van der Waals surface area contributed by atoms with Gasteiger partial charge < -0.3 is 14.4 Å². The Kier molecular flexibility index (Phi) is 2.71. The van der Waals surface area contributed by atoms with Crippen LogP contribution in [0.5, 0.6) is 11.5 Å². The van der Waals surface area contributed by atoms with E-state index in [1.807, 2.05) is 12.1 Å². The van der Waals surface area contributed by atoms with E-state index in [4.69, 9.17) is 9.47 Å². The molecule has 0 N–H and O–H groups in total. The highest BCUT2D eigenvalue weighted by molar-refractivity contribution is 5.45. The summed E-state index contributed by atoms with van der Waals surface area (Å²) in [6, 6.07) is 6.17. The molecule has 1 saturated heterocycles. The molecule has 2 aliphatic rings. The quantitative estimate of drug-likeness (QED) is 0.777. The van der Waals surface area contributed by atoms with Gasteiger partial charge in [0.25, 0.3) is 0 Å². The van der Waals surface area contributed by atoms with Gasteiger partial charge in [0.15, 0.2) is 0 Å². The minimum absolute atomic E-state index is 0.603. The molecule has 0 amide bonds. The number of rotatable bonds is 2. The van der Waals surface area contributed by atoms with Crippen LogP contribution in [0.15, 0.2) is 18.2 Å². The fraction of sp³-hybridized carbons (Fsp3) is 0.500. The molecule has 0 spiro atoms. The van der Waals surface area contributed by atoms with Crippen molar-refractivity contribution in [2.75, 3.05) is 33.4 Å². The molecule has 1 radical (unpaired) electrons. The van der Waals surface area contributed by atoms with E-state index in [2.05, 4.69) is 17.9 Å². The van der Waals surface area contributed by atoms with E-state index in [-0.39, 0.29) is 0 Å². The van der Waals surface area contributed by atoms with Crippen molar-refractivity contribution < 1.29 is 9.47 Å². The zero-order chi connectivity index (χ0) is 11.8. The molecule has 3 nitrogen and oxygen atoms in total. The van der Waals surface area contributed by atoms with E-state index in [0.29, 0.717) is 11.8 Å². The smallest absolute Gasteiger partial charge is 0.126 e. The molecule has 1 aromatic rings. The highest BCUT2D eigenvalue weighted by Gasteiger charge is 2.38. The molecule has 3 rings (SSSR count). The summed E-state index contributed by atoms with van der Waals surface area (Å²) in [5.74, 6) is 3.09. The Bertz CT molecular complexity index is 419. The molecule has 2 aliphatic heterocycles. The number of hydrogen-bond donors (Lipinski definition) is 0. The second kappa shape index (κ2) is 4.22. The first-order valence-corrected chi connectivity index (χ1v) is 6.14. The summed E-state index contributed by atoms with van der Waals surface area (Å²) in [5.41, 5.74) is 1.33. The lowest BCUT2D eigenvalue weighted by molar-refractivity contribution is 0.213. The van der Waals surface area contributed by atoms with Crippen LogP contribution in [0.25, 0.3) is 0 Å². The van der Waals surface area contributed by atoms with Crippen molar-refractivity contribution in [2.24, 2.45) is 5.92 Å². The van der Waals surface area contributed by atoms with E-state index < -0.39 is 0 Å². The summed E-state index contributed by atoms with van der Waals surface area (Å²) in [6.07, 6.45) is 0. The maximum atomic E-state index is 5.85. The van der Waals surface area contributed by atoms with Crippen LogP contribution in [0.1, 0.15) is 11.5 Å². The lowest BCUT2D eigenvalue weighted by atomic mass is 9.87. The molecule has 91 valence electrons. The van der Waals surface area contributed by atoms with Gasteiger partial charge in [0, 0.05) is 31.0 Å². The Morgan fingerprint density at radius 1 is 1.47 bits per heavy atom. The third-order valence-corrected chi connectivity index (χ3v) is 3.91. The maximum Gasteiger partial charge on any atom is 0.126 e. The van der Waals surface area contributed by atoms with Gasteiger partial charge in [-0.1, -0.05) is 6.07 Å². The fourth-order valence-electron chi connectivity index (χ4n) is 2.93. The number of hydrogen-bond acceptors (Lipinski definition) is 3. The second-order valence-electron chi connectivity index (χ2n) is 4.84. The maximum absolute atomic E-state index is 5.85. The largest absolute Gasteiger partial charge is 0.497 e. The van der Waals surface area contributed by atoms with Crippen molar-refractivity contribution in [3.8, 4) is 11.5 Å².